The minimum atomic E-state index is -0.984. The molecule has 0 bridgehead atoms. The summed E-state index contributed by atoms with van der Waals surface area (Å²) in [5.74, 6) is -3.17. The van der Waals surface area contributed by atoms with E-state index >= 15 is 0 Å². The molecule has 1 rings (SSSR count). The molecule has 82 valence electrons. The Bertz CT molecular complexity index is 386. The van der Waals surface area contributed by atoms with Gasteiger partial charge in [-0.3, -0.25) is 4.79 Å². The standard InChI is InChI=1S/C10H12O5/c1-5(10(14)15)4-6-2-3-7(11)9(13)8(6)12/h2-3,5,11-13H,4H2,1H3,(H,14,15). The van der Waals surface area contributed by atoms with Crippen LogP contribution >= 0.6 is 0 Å². The molecular weight excluding hydrogens is 200 g/mol. The second kappa shape index (κ2) is 4.08. The second-order valence-electron chi connectivity index (χ2n) is 3.38. The van der Waals surface area contributed by atoms with Crippen molar-refractivity contribution < 1.29 is 25.2 Å². The Morgan fingerprint density at radius 2 is 1.87 bits per heavy atom. The topological polar surface area (TPSA) is 98.0 Å². The maximum absolute atomic E-state index is 10.6. The van der Waals surface area contributed by atoms with Crippen LogP contribution in [0.3, 0.4) is 0 Å². The Hall–Kier alpha value is -1.91. The molecule has 0 aliphatic carbocycles. The van der Waals surface area contributed by atoms with Crippen molar-refractivity contribution in [2.24, 2.45) is 5.92 Å². The molecule has 1 atom stereocenters. The van der Waals surface area contributed by atoms with Gasteiger partial charge in [0.05, 0.1) is 5.92 Å². The lowest BCUT2D eigenvalue weighted by molar-refractivity contribution is -0.141. The Morgan fingerprint density at radius 3 is 2.40 bits per heavy atom. The number of carbonyl (C=O) groups is 1. The van der Waals surface area contributed by atoms with E-state index in [1.54, 1.807) is 0 Å². The molecule has 0 aromatic heterocycles. The SMILES string of the molecule is CC(Cc1ccc(O)c(O)c1O)C(=O)O. The van der Waals surface area contributed by atoms with E-state index in [2.05, 4.69) is 0 Å². The van der Waals surface area contributed by atoms with Crippen LogP contribution < -0.4 is 0 Å². The van der Waals surface area contributed by atoms with Gasteiger partial charge in [0, 0.05) is 0 Å². The zero-order valence-corrected chi connectivity index (χ0v) is 8.14. The van der Waals surface area contributed by atoms with Crippen LogP contribution in [0.2, 0.25) is 0 Å². The highest BCUT2D eigenvalue weighted by atomic mass is 16.4. The molecule has 15 heavy (non-hydrogen) atoms. The smallest absolute Gasteiger partial charge is 0.306 e. The molecule has 0 amide bonds. The minimum Gasteiger partial charge on any atom is -0.504 e. The summed E-state index contributed by atoms with van der Waals surface area (Å²) in [5.41, 5.74) is 0.292. The van der Waals surface area contributed by atoms with E-state index in [-0.39, 0.29) is 6.42 Å². The number of hydrogen-bond acceptors (Lipinski definition) is 4. The fraction of sp³-hybridized carbons (Fsp3) is 0.300. The fourth-order valence-corrected chi connectivity index (χ4v) is 1.19. The number of carboxylic acids is 1. The highest BCUT2D eigenvalue weighted by Gasteiger charge is 2.17. The fourth-order valence-electron chi connectivity index (χ4n) is 1.19. The van der Waals surface area contributed by atoms with Crippen LogP contribution in [0.25, 0.3) is 0 Å². The summed E-state index contributed by atoms with van der Waals surface area (Å²) in [6, 6.07) is 2.59. The number of aliphatic carboxylic acids is 1. The van der Waals surface area contributed by atoms with Gasteiger partial charge in [0.15, 0.2) is 11.5 Å². The van der Waals surface area contributed by atoms with Crippen molar-refractivity contribution in [2.75, 3.05) is 0 Å². The molecule has 4 N–H and O–H groups in total. The Morgan fingerprint density at radius 1 is 1.27 bits per heavy atom. The van der Waals surface area contributed by atoms with Crippen molar-refractivity contribution in [3.8, 4) is 17.2 Å². The maximum Gasteiger partial charge on any atom is 0.306 e. The van der Waals surface area contributed by atoms with Gasteiger partial charge in [-0.15, -0.1) is 0 Å². The lowest BCUT2D eigenvalue weighted by Crippen LogP contribution is -2.12. The van der Waals surface area contributed by atoms with Crippen LogP contribution in [0, 0.1) is 5.92 Å². The minimum absolute atomic E-state index is 0.0923. The number of carboxylic acid groups (broad SMARTS) is 1. The van der Waals surface area contributed by atoms with E-state index in [0.29, 0.717) is 5.56 Å². The third-order valence-electron chi connectivity index (χ3n) is 2.16. The normalized spacial score (nSPS) is 12.3. The van der Waals surface area contributed by atoms with Crippen LogP contribution in [-0.4, -0.2) is 26.4 Å². The highest BCUT2D eigenvalue weighted by molar-refractivity contribution is 5.70. The summed E-state index contributed by atoms with van der Waals surface area (Å²) >= 11 is 0. The molecule has 1 aromatic carbocycles. The summed E-state index contributed by atoms with van der Waals surface area (Å²) < 4.78 is 0. The molecule has 1 unspecified atom stereocenters. The number of phenolic OH excluding ortho intramolecular Hbond substituents is 3. The molecule has 0 aliphatic rings. The van der Waals surface area contributed by atoms with Crippen molar-refractivity contribution in [1.29, 1.82) is 0 Å². The van der Waals surface area contributed by atoms with E-state index in [0.717, 1.165) is 0 Å². The molecule has 0 radical (unpaired) electrons. The zero-order valence-electron chi connectivity index (χ0n) is 8.14. The summed E-state index contributed by atoms with van der Waals surface area (Å²) in [7, 11) is 0. The van der Waals surface area contributed by atoms with Gasteiger partial charge in [0.25, 0.3) is 0 Å². The van der Waals surface area contributed by atoms with Gasteiger partial charge >= 0.3 is 5.97 Å². The molecule has 0 heterocycles. The van der Waals surface area contributed by atoms with Crippen LogP contribution in [0.5, 0.6) is 17.2 Å². The van der Waals surface area contributed by atoms with Gasteiger partial charge in [-0.05, 0) is 18.1 Å². The van der Waals surface area contributed by atoms with Gasteiger partial charge in [-0.2, -0.15) is 0 Å². The molecule has 5 nitrogen and oxygen atoms in total. The zero-order chi connectivity index (χ0) is 11.6. The van der Waals surface area contributed by atoms with E-state index in [4.69, 9.17) is 10.2 Å². The first kappa shape index (κ1) is 11.2. The van der Waals surface area contributed by atoms with Crippen LogP contribution in [0.1, 0.15) is 12.5 Å². The van der Waals surface area contributed by atoms with Gasteiger partial charge in [0.1, 0.15) is 0 Å². The molecule has 0 saturated heterocycles. The molecule has 1 aromatic rings. The molecule has 0 fully saturated rings. The van der Waals surface area contributed by atoms with Gasteiger partial charge in [-0.25, -0.2) is 0 Å². The number of rotatable bonds is 3. The van der Waals surface area contributed by atoms with E-state index in [9.17, 15) is 15.0 Å². The van der Waals surface area contributed by atoms with Crippen LogP contribution in [0.4, 0.5) is 0 Å². The lowest BCUT2D eigenvalue weighted by Gasteiger charge is -2.09. The van der Waals surface area contributed by atoms with Crippen molar-refractivity contribution in [3.05, 3.63) is 17.7 Å². The van der Waals surface area contributed by atoms with E-state index in [1.807, 2.05) is 0 Å². The molecular formula is C10H12O5. The van der Waals surface area contributed by atoms with Crippen molar-refractivity contribution in [3.63, 3.8) is 0 Å². The monoisotopic (exact) mass is 212 g/mol. The van der Waals surface area contributed by atoms with Crippen molar-refractivity contribution >= 4 is 5.97 Å². The summed E-state index contributed by atoms with van der Waals surface area (Å²) in [6.07, 6.45) is 0.0923. The first-order chi connectivity index (χ1) is 6.93. The second-order valence-corrected chi connectivity index (χ2v) is 3.38. The first-order valence-corrected chi connectivity index (χ1v) is 4.39. The number of aromatic hydroxyl groups is 3. The quantitative estimate of drug-likeness (QED) is 0.562. The van der Waals surface area contributed by atoms with Crippen molar-refractivity contribution in [2.45, 2.75) is 13.3 Å². The molecule has 0 spiro atoms. The van der Waals surface area contributed by atoms with E-state index in [1.165, 1.54) is 19.1 Å². The Balaban J connectivity index is 2.97. The summed E-state index contributed by atoms with van der Waals surface area (Å²) in [6.45, 7) is 1.49. The molecule has 5 heteroatoms. The van der Waals surface area contributed by atoms with Gasteiger partial charge in [0.2, 0.25) is 5.75 Å². The summed E-state index contributed by atoms with van der Waals surface area (Å²) in [5, 5.41) is 36.3. The van der Waals surface area contributed by atoms with Crippen LogP contribution in [0.15, 0.2) is 12.1 Å². The van der Waals surface area contributed by atoms with E-state index < -0.39 is 29.1 Å². The number of phenols is 3. The number of hydrogen-bond donors (Lipinski definition) is 4. The summed E-state index contributed by atoms with van der Waals surface area (Å²) in [4.78, 5) is 10.6. The lowest BCUT2D eigenvalue weighted by atomic mass is 10.00. The third-order valence-corrected chi connectivity index (χ3v) is 2.16. The third kappa shape index (κ3) is 2.31. The Labute approximate surface area is 86.2 Å². The van der Waals surface area contributed by atoms with Gasteiger partial charge in [-0.1, -0.05) is 13.0 Å². The van der Waals surface area contributed by atoms with Crippen LogP contribution in [-0.2, 0) is 11.2 Å². The average Bonchev–Trinajstić information content (AvgIpc) is 2.18. The van der Waals surface area contributed by atoms with Crippen molar-refractivity contribution in [1.82, 2.24) is 0 Å². The average molecular weight is 212 g/mol. The first-order valence-electron chi connectivity index (χ1n) is 4.39. The molecule has 0 aliphatic heterocycles. The Kier molecular flexibility index (Phi) is 3.04. The number of benzene rings is 1. The largest absolute Gasteiger partial charge is 0.504 e. The highest BCUT2D eigenvalue weighted by Crippen LogP contribution is 2.37. The maximum atomic E-state index is 10.6. The van der Waals surface area contributed by atoms with Gasteiger partial charge < -0.3 is 20.4 Å². The molecule has 0 saturated carbocycles. The predicted molar refractivity (Wildman–Crippen MR) is 51.9 cm³/mol. The predicted octanol–water partition coefficient (Wildman–Crippen LogP) is 1.07.